The van der Waals surface area contributed by atoms with Crippen LogP contribution in [0.2, 0.25) is 0 Å². The molecule has 0 bridgehead atoms. The zero-order valence-electron chi connectivity index (χ0n) is 22.9. The summed E-state index contributed by atoms with van der Waals surface area (Å²) < 4.78 is 27.1. The van der Waals surface area contributed by atoms with Crippen LogP contribution in [0.25, 0.3) is 28.4 Å². The minimum atomic E-state index is -0.806. The maximum atomic E-state index is 13.2. The van der Waals surface area contributed by atoms with Crippen molar-refractivity contribution < 1.29 is 63.9 Å². The van der Waals surface area contributed by atoms with Crippen molar-refractivity contribution in [1.82, 2.24) is 0 Å². The van der Waals surface area contributed by atoms with Gasteiger partial charge in [0.2, 0.25) is 11.2 Å². The summed E-state index contributed by atoms with van der Waals surface area (Å²) >= 11 is 0. The third kappa shape index (κ3) is 7.61. The molecule has 0 atom stereocenters. The molecule has 4 aromatic rings. The molecule has 0 aliphatic heterocycles. The molecule has 0 amide bonds. The highest BCUT2D eigenvalue weighted by Crippen LogP contribution is 2.42. The van der Waals surface area contributed by atoms with Crippen molar-refractivity contribution in [3.8, 4) is 57.3 Å². The first-order chi connectivity index (χ1) is 21.0. The topological polar surface area (TPSA) is 226 Å². The van der Waals surface area contributed by atoms with Crippen LogP contribution in [0.1, 0.15) is 5.56 Å². The third-order valence-electron chi connectivity index (χ3n) is 5.98. The van der Waals surface area contributed by atoms with Gasteiger partial charge in [0.25, 0.3) is 0 Å². The molecule has 4 rings (SSSR count). The predicted molar refractivity (Wildman–Crippen MR) is 153 cm³/mol. The maximum Gasteiger partial charge on any atom is 0.330 e. The van der Waals surface area contributed by atoms with E-state index in [1.54, 1.807) is 0 Å². The van der Waals surface area contributed by atoms with Gasteiger partial charge in [0.15, 0.2) is 34.5 Å². The minimum absolute atomic E-state index is 0.0134. The average molecular weight is 613 g/mol. The van der Waals surface area contributed by atoms with Crippen LogP contribution in [0.4, 0.5) is 0 Å². The van der Waals surface area contributed by atoms with E-state index in [4.69, 9.17) is 23.4 Å². The highest BCUT2D eigenvalue weighted by molar-refractivity contribution is 5.89. The van der Waals surface area contributed by atoms with Gasteiger partial charge in [0, 0.05) is 23.8 Å². The lowest BCUT2D eigenvalue weighted by Crippen LogP contribution is -2.16. The van der Waals surface area contributed by atoms with Crippen molar-refractivity contribution in [1.29, 1.82) is 0 Å². The van der Waals surface area contributed by atoms with Gasteiger partial charge < -0.3 is 59.1 Å². The van der Waals surface area contributed by atoms with Crippen molar-refractivity contribution in [3.63, 3.8) is 0 Å². The first-order valence-electron chi connectivity index (χ1n) is 13.0. The summed E-state index contributed by atoms with van der Waals surface area (Å²) in [6.45, 7) is 0.155. The Hall–Kier alpha value is -5.60. The van der Waals surface area contributed by atoms with Crippen LogP contribution in [0.15, 0.2) is 57.8 Å². The molecule has 0 saturated carbocycles. The molecule has 14 nitrogen and oxygen atoms in total. The molecular formula is C30H28O14. The van der Waals surface area contributed by atoms with Gasteiger partial charge >= 0.3 is 5.97 Å². The fraction of sp³-hybridized carbons (Fsp3) is 0.200. The summed E-state index contributed by atoms with van der Waals surface area (Å²) in [5.74, 6) is -4.99. The second kappa shape index (κ2) is 14.0. The van der Waals surface area contributed by atoms with Gasteiger partial charge in [0.1, 0.15) is 35.7 Å². The molecule has 0 fully saturated rings. The Labute approximate surface area is 248 Å². The van der Waals surface area contributed by atoms with Crippen LogP contribution >= 0.6 is 0 Å². The quantitative estimate of drug-likeness (QED) is 0.0499. The number of phenols is 7. The zero-order valence-corrected chi connectivity index (χ0v) is 22.9. The Morgan fingerprint density at radius 1 is 0.727 bits per heavy atom. The summed E-state index contributed by atoms with van der Waals surface area (Å²) in [4.78, 5) is 25.0. The molecule has 14 heteroatoms. The zero-order chi connectivity index (χ0) is 31.8. The Bertz CT molecular complexity index is 1720. The van der Waals surface area contributed by atoms with Crippen molar-refractivity contribution in [2.45, 2.75) is 0 Å². The van der Waals surface area contributed by atoms with Crippen LogP contribution in [0.3, 0.4) is 0 Å². The van der Waals surface area contributed by atoms with E-state index in [2.05, 4.69) is 0 Å². The molecule has 0 aliphatic carbocycles. The molecule has 7 N–H and O–H groups in total. The molecule has 232 valence electrons. The highest BCUT2D eigenvalue weighted by Gasteiger charge is 2.22. The van der Waals surface area contributed by atoms with E-state index in [1.807, 2.05) is 0 Å². The molecular weight excluding hydrogens is 584 g/mol. The fourth-order valence-electron chi connectivity index (χ4n) is 3.91. The van der Waals surface area contributed by atoms with E-state index < -0.39 is 34.4 Å². The second-order valence-corrected chi connectivity index (χ2v) is 9.11. The maximum absolute atomic E-state index is 13.2. The van der Waals surface area contributed by atoms with Gasteiger partial charge in [-0.1, -0.05) is 6.07 Å². The van der Waals surface area contributed by atoms with E-state index in [9.17, 15) is 45.3 Å². The van der Waals surface area contributed by atoms with E-state index in [1.165, 1.54) is 24.3 Å². The smallest absolute Gasteiger partial charge is 0.330 e. The van der Waals surface area contributed by atoms with Gasteiger partial charge in [-0.3, -0.25) is 4.79 Å². The summed E-state index contributed by atoms with van der Waals surface area (Å²) in [5.41, 5.74) is -0.557. The minimum Gasteiger partial charge on any atom is -0.508 e. The second-order valence-electron chi connectivity index (χ2n) is 9.11. The number of carbonyl (C=O) groups excluding carboxylic acids is 1. The van der Waals surface area contributed by atoms with Crippen molar-refractivity contribution in [2.24, 2.45) is 0 Å². The number of carbonyl (C=O) groups is 1. The highest BCUT2D eigenvalue weighted by atomic mass is 16.6. The summed E-state index contributed by atoms with van der Waals surface area (Å²) in [5, 5.41) is 68.1. The van der Waals surface area contributed by atoms with E-state index >= 15 is 0 Å². The van der Waals surface area contributed by atoms with E-state index in [0.717, 1.165) is 30.3 Å². The fourth-order valence-corrected chi connectivity index (χ4v) is 3.91. The SMILES string of the molecule is O=C(/C=C/c1ccc(O)c(O)c1)OCCOCCOCCOc1c(-c2cc(O)c(O)c(O)c2)oc2cc(O)cc(O)c2c1=O. The van der Waals surface area contributed by atoms with Gasteiger partial charge in [-0.25, -0.2) is 4.79 Å². The molecule has 1 heterocycles. The molecule has 3 aromatic carbocycles. The van der Waals surface area contributed by atoms with Crippen LogP contribution < -0.4 is 10.2 Å². The largest absolute Gasteiger partial charge is 0.508 e. The first kappa shape index (κ1) is 31.3. The molecule has 44 heavy (non-hydrogen) atoms. The molecule has 0 aliphatic rings. The Morgan fingerprint density at radius 3 is 2.07 bits per heavy atom. The number of fused-ring (bicyclic) bond motifs is 1. The number of hydrogen-bond acceptors (Lipinski definition) is 14. The van der Waals surface area contributed by atoms with E-state index in [-0.39, 0.29) is 84.9 Å². The Morgan fingerprint density at radius 2 is 1.39 bits per heavy atom. The number of aromatic hydroxyl groups is 7. The summed E-state index contributed by atoms with van der Waals surface area (Å²) in [6.07, 6.45) is 2.57. The number of hydrogen-bond donors (Lipinski definition) is 7. The number of esters is 1. The Balaban J connectivity index is 1.26. The number of rotatable bonds is 13. The molecule has 0 saturated heterocycles. The first-order valence-corrected chi connectivity index (χ1v) is 13.0. The summed E-state index contributed by atoms with van der Waals surface area (Å²) in [7, 11) is 0. The Kier molecular flexibility index (Phi) is 10.0. The van der Waals surface area contributed by atoms with Crippen LogP contribution in [0, 0.1) is 0 Å². The predicted octanol–water partition coefficient (Wildman–Crippen LogP) is 3.07. The molecule has 1 aromatic heterocycles. The van der Waals surface area contributed by atoms with Crippen LogP contribution in [-0.4, -0.2) is 81.4 Å². The van der Waals surface area contributed by atoms with Gasteiger partial charge in [0.05, 0.1) is 26.4 Å². The van der Waals surface area contributed by atoms with Gasteiger partial charge in [-0.15, -0.1) is 0 Å². The van der Waals surface area contributed by atoms with Crippen molar-refractivity contribution in [2.75, 3.05) is 39.6 Å². The van der Waals surface area contributed by atoms with Crippen molar-refractivity contribution >= 4 is 23.0 Å². The number of ether oxygens (including phenoxy) is 4. The lowest BCUT2D eigenvalue weighted by Gasteiger charge is -2.13. The lowest BCUT2D eigenvalue weighted by molar-refractivity contribution is -0.139. The van der Waals surface area contributed by atoms with Crippen molar-refractivity contribution in [3.05, 3.63) is 64.3 Å². The number of phenolic OH excluding ortho intramolecular Hbond substituents is 7. The average Bonchev–Trinajstić information content (AvgIpc) is 2.97. The third-order valence-corrected chi connectivity index (χ3v) is 5.98. The van der Waals surface area contributed by atoms with E-state index in [0.29, 0.717) is 5.56 Å². The van der Waals surface area contributed by atoms with Crippen LogP contribution in [-0.2, 0) is 19.0 Å². The van der Waals surface area contributed by atoms with Gasteiger partial charge in [-0.05, 0) is 35.9 Å². The normalized spacial score (nSPS) is 11.3. The molecule has 0 radical (unpaired) electrons. The molecule has 0 unspecified atom stereocenters. The standard InChI is InChI=1S/C30H28O14/c31-18-14-21(34)26-24(15-18)44-29(17-12-22(35)27(38)23(36)13-17)30(28(26)39)43-10-8-41-6-5-40-7-9-42-25(37)4-2-16-1-3-19(32)20(33)11-16/h1-4,11-15,31-36,38H,5-10H2/b4-2+. The van der Waals surface area contributed by atoms with Crippen LogP contribution in [0.5, 0.6) is 46.0 Å². The number of benzene rings is 3. The van der Waals surface area contributed by atoms with Gasteiger partial charge in [-0.2, -0.15) is 0 Å². The summed E-state index contributed by atoms with van der Waals surface area (Å²) in [6, 6.07) is 8.17. The lowest BCUT2D eigenvalue weighted by atomic mass is 10.1. The monoisotopic (exact) mass is 612 g/mol. The molecule has 0 spiro atoms.